The van der Waals surface area contributed by atoms with Crippen molar-refractivity contribution in [2.45, 2.75) is 47.6 Å². The van der Waals surface area contributed by atoms with Crippen LogP contribution >= 0.6 is 0 Å². The average Bonchev–Trinajstić information content (AvgIpc) is 2.30. The van der Waals surface area contributed by atoms with Crippen molar-refractivity contribution in [3.63, 3.8) is 0 Å². The number of hydrogen-bond acceptors (Lipinski definition) is 2. The van der Waals surface area contributed by atoms with Gasteiger partial charge < -0.3 is 11.5 Å². The molecule has 0 radical (unpaired) electrons. The predicted octanol–water partition coefficient (Wildman–Crippen LogP) is 3.61. The highest BCUT2D eigenvalue weighted by Crippen LogP contribution is 2.29. The maximum atomic E-state index is 6.06. The van der Waals surface area contributed by atoms with Crippen LogP contribution in [-0.2, 0) is 0 Å². The molecule has 0 fully saturated rings. The van der Waals surface area contributed by atoms with E-state index in [9.17, 15) is 0 Å². The molecule has 0 aliphatic heterocycles. The van der Waals surface area contributed by atoms with Gasteiger partial charge in [-0.3, -0.25) is 0 Å². The Morgan fingerprint density at radius 3 is 2.22 bits per heavy atom. The molecule has 0 spiro atoms. The van der Waals surface area contributed by atoms with E-state index in [0.29, 0.717) is 17.8 Å². The van der Waals surface area contributed by atoms with Crippen LogP contribution in [0, 0.1) is 17.8 Å². The SMILES string of the molecule is CC.CC(N)/C=C(/N)C1C=CC(C(C)C)=CC1C. The first kappa shape index (κ1) is 17.0. The Balaban J connectivity index is 0.00000137. The molecular weight excluding hydrogens is 220 g/mol. The fourth-order valence-corrected chi connectivity index (χ4v) is 2.07. The fraction of sp³-hybridized carbons (Fsp3) is 0.625. The third kappa shape index (κ3) is 5.09. The molecule has 0 amide bonds. The van der Waals surface area contributed by atoms with Crippen LogP contribution in [0.2, 0.25) is 0 Å². The van der Waals surface area contributed by atoms with Gasteiger partial charge in [0.1, 0.15) is 0 Å². The van der Waals surface area contributed by atoms with Crippen LogP contribution in [0.3, 0.4) is 0 Å². The maximum absolute atomic E-state index is 6.06. The zero-order chi connectivity index (χ0) is 14.3. The summed E-state index contributed by atoms with van der Waals surface area (Å²) < 4.78 is 0. The van der Waals surface area contributed by atoms with Crippen molar-refractivity contribution in [1.29, 1.82) is 0 Å². The molecule has 2 nitrogen and oxygen atoms in total. The minimum absolute atomic E-state index is 0.0241. The van der Waals surface area contributed by atoms with Gasteiger partial charge >= 0.3 is 0 Å². The molecule has 0 heterocycles. The Labute approximate surface area is 113 Å². The van der Waals surface area contributed by atoms with E-state index in [1.54, 1.807) is 0 Å². The highest BCUT2D eigenvalue weighted by Gasteiger charge is 2.20. The standard InChI is InChI=1S/C14H24N2.C2H6/c1-9(2)12-5-6-13(10(3)7-12)14(16)8-11(4)15;1-2/h5-11,13H,15-16H2,1-4H3;1-2H3/b14-8+;. The van der Waals surface area contributed by atoms with Crippen LogP contribution in [0.25, 0.3) is 0 Å². The molecule has 1 aliphatic carbocycles. The average molecular weight is 250 g/mol. The van der Waals surface area contributed by atoms with Crippen molar-refractivity contribution in [3.8, 4) is 0 Å². The Morgan fingerprint density at radius 1 is 1.28 bits per heavy atom. The van der Waals surface area contributed by atoms with Gasteiger partial charge in [-0.2, -0.15) is 0 Å². The monoisotopic (exact) mass is 250 g/mol. The van der Waals surface area contributed by atoms with E-state index in [0.717, 1.165) is 5.70 Å². The summed E-state index contributed by atoms with van der Waals surface area (Å²) in [5.41, 5.74) is 14.1. The summed E-state index contributed by atoms with van der Waals surface area (Å²) >= 11 is 0. The van der Waals surface area contributed by atoms with Gasteiger partial charge in [0.15, 0.2) is 0 Å². The zero-order valence-electron chi connectivity index (χ0n) is 12.8. The third-order valence-electron chi connectivity index (χ3n) is 3.02. The second-order valence-corrected chi connectivity index (χ2v) is 5.09. The number of nitrogens with two attached hydrogens (primary N) is 2. The summed E-state index contributed by atoms with van der Waals surface area (Å²) in [5.74, 6) is 1.34. The normalized spacial score (nSPS) is 25.3. The molecule has 104 valence electrons. The lowest BCUT2D eigenvalue weighted by atomic mass is 9.82. The first-order chi connectivity index (χ1) is 8.41. The zero-order valence-corrected chi connectivity index (χ0v) is 12.8. The van der Waals surface area contributed by atoms with Gasteiger partial charge in [0.2, 0.25) is 0 Å². The van der Waals surface area contributed by atoms with Gasteiger partial charge in [0, 0.05) is 17.7 Å². The van der Waals surface area contributed by atoms with Gasteiger partial charge in [-0.1, -0.05) is 52.8 Å². The summed E-state index contributed by atoms with van der Waals surface area (Å²) in [6.07, 6.45) is 8.66. The van der Waals surface area contributed by atoms with E-state index in [2.05, 4.69) is 39.0 Å². The molecule has 0 aromatic carbocycles. The van der Waals surface area contributed by atoms with E-state index < -0.39 is 0 Å². The van der Waals surface area contributed by atoms with Crippen LogP contribution in [0.4, 0.5) is 0 Å². The molecule has 0 aromatic heterocycles. The minimum atomic E-state index is 0.0241. The van der Waals surface area contributed by atoms with E-state index in [1.807, 2.05) is 26.8 Å². The number of hydrogen-bond donors (Lipinski definition) is 2. The van der Waals surface area contributed by atoms with Crippen molar-refractivity contribution in [2.75, 3.05) is 0 Å². The van der Waals surface area contributed by atoms with Crippen molar-refractivity contribution in [3.05, 3.63) is 35.6 Å². The number of allylic oxidation sites excluding steroid dienone is 4. The van der Waals surface area contributed by atoms with Gasteiger partial charge in [-0.05, 0) is 30.4 Å². The summed E-state index contributed by atoms with van der Waals surface area (Å²) in [7, 11) is 0. The molecule has 1 aliphatic rings. The highest BCUT2D eigenvalue weighted by molar-refractivity contribution is 5.31. The third-order valence-corrected chi connectivity index (χ3v) is 3.02. The maximum Gasteiger partial charge on any atom is 0.0225 e. The quantitative estimate of drug-likeness (QED) is 0.804. The topological polar surface area (TPSA) is 52.0 Å². The van der Waals surface area contributed by atoms with Crippen LogP contribution in [0.5, 0.6) is 0 Å². The Kier molecular flexibility index (Phi) is 7.69. The van der Waals surface area contributed by atoms with Gasteiger partial charge in [0.05, 0.1) is 0 Å². The molecule has 4 N–H and O–H groups in total. The number of rotatable bonds is 3. The van der Waals surface area contributed by atoms with Crippen LogP contribution < -0.4 is 11.5 Å². The van der Waals surface area contributed by atoms with Crippen LogP contribution in [-0.4, -0.2) is 6.04 Å². The van der Waals surface area contributed by atoms with E-state index in [-0.39, 0.29) is 6.04 Å². The summed E-state index contributed by atoms with van der Waals surface area (Å²) in [4.78, 5) is 0. The van der Waals surface area contributed by atoms with Gasteiger partial charge in [-0.25, -0.2) is 0 Å². The Bertz CT molecular complexity index is 322. The lowest BCUT2D eigenvalue weighted by Crippen LogP contribution is -2.23. The largest absolute Gasteiger partial charge is 0.402 e. The second-order valence-electron chi connectivity index (χ2n) is 5.09. The van der Waals surface area contributed by atoms with E-state index >= 15 is 0 Å². The molecule has 0 bridgehead atoms. The van der Waals surface area contributed by atoms with Crippen molar-refractivity contribution >= 4 is 0 Å². The lowest BCUT2D eigenvalue weighted by molar-refractivity contribution is 0.553. The first-order valence-corrected chi connectivity index (χ1v) is 7.04. The van der Waals surface area contributed by atoms with Crippen LogP contribution in [0.1, 0.15) is 41.5 Å². The molecule has 0 saturated carbocycles. The molecule has 2 heteroatoms. The molecule has 0 aromatic rings. The van der Waals surface area contributed by atoms with Gasteiger partial charge in [0.25, 0.3) is 0 Å². The highest BCUT2D eigenvalue weighted by atomic mass is 14.6. The van der Waals surface area contributed by atoms with Crippen LogP contribution in [0.15, 0.2) is 35.6 Å². The molecular formula is C16H30N2. The molecule has 3 unspecified atom stereocenters. The lowest BCUT2D eigenvalue weighted by Gasteiger charge is -2.25. The first-order valence-electron chi connectivity index (χ1n) is 7.04. The smallest absolute Gasteiger partial charge is 0.0225 e. The fourth-order valence-electron chi connectivity index (χ4n) is 2.07. The van der Waals surface area contributed by atoms with Gasteiger partial charge in [-0.15, -0.1) is 0 Å². The Hall–Kier alpha value is -1.02. The van der Waals surface area contributed by atoms with Crippen molar-refractivity contribution < 1.29 is 0 Å². The summed E-state index contributed by atoms with van der Waals surface area (Å²) in [6, 6.07) is 0.0241. The Morgan fingerprint density at radius 2 is 1.83 bits per heavy atom. The van der Waals surface area contributed by atoms with E-state index in [1.165, 1.54) is 5.57 Å². The summed E-state index contributed by atoms with van der Waals surface area (Å²) in [6.45, 7) is 12.6. The predicted molar refractivity (Wildman–Crippen MR) is 82.0 cm³/mol. The summed E-state index contributed by atoms with van der Waals surface area (Å²) in [5, 5.41) is 0. The van der Waals surface area contributed by atoms with Crippen molar-refractivity contribution in [1.82, 2.24) is 0 Å². The molecule has 0 saturated heterocycles. The molecule has 1 rings (SSSR count). The minimum Gasteiger partial charge on any atom is -0.402 e. The molecule has 18 heavy (non-hydrogen) atoms. The van der Waals surface area contributed by atoms with E-state index in [4.69, 9.17) is 11.5 Å². The van der Waals surface area contributed by atoms with Crippen molar-refractivity contribution in [2.24, 2.45) is 29.2 Å². The second kappa shape index (κ2) is 8.15. The molecule has 3 atom stereocenters.